The first kappa shape index (κ1) is 38.7. The summed E-state index contributed by atoms with van der Waals surface area (Å²) in [7, 11) is 0. The van der Waals surface area contributed by atoms with Crippen LogP contribution in [0.1, 0.15) is 116 Å². The average Bonchev–Trinajstić information content (AvgIpc) is 3.63. The zero-order chi connectivity index (χ0) is 35.4. The van der Waals surface area contributed by atoms with Gasteiger partial charge in [0, 0.05) is 42.4 Å². The van der Waals surface area contributed by atoms with Crippen LogP contribution < -0.4 is 0 Å². The summed E-state index contributed by atoms with van der Waals surface area (Å²) in [6.07, 6.45) is 12.3. The molecule has 0 N–H and O–H groups in total. The van der Waals surface area contributed by atoms with Crippen LogP contribution in [0, 0.1) is 24.8 Å². The predicted molar refractivity (Wildman–Crippen MR) is 210 cm³/mol. The number of para-hydroxylation sites is 2. The number of allylic oxidation sites excluding steroid dienone is 2. The summed E-state index contributed by atoms with van der Waals surface area (Å²) in [5, 5.41) is 7.40. The van der Waals surface area contributed by atoms with Gasteiger partial charge in [-0.3, -0.25) is 9.78 Å². The van der Waals surface area contributed by atoms with Crippen molar-refractivity contribution in [2.75, 3.05) is 0 Å². The van der Waals surface area contributed by atoms with Crippen LogP contribution in [0.25, 0.3) is 49.8 Å². The molecule has 51 heavy (non-hydrogen) atoms. The first-order valence-corrected chi connectivity index (χ1v) is 19.1. The van der Waals surface area contributed by atoms with Crippen LogP contribution in [-0.2, 0) is 30.3 Å². The molecule has 0 saturated heterocycles. The quantitative estimate of drug-likeness (QED) is 0.104. The number of rotatable bonds is 10. The molecule has 5 heteroatoms. The summed E-state index contributed by atoms with van der Waals surface area (Å²) >= 11 is 0. The molecule has 2 aliphatic rings. The second kappa shape index (κ2) is 16.9. The number of aromatic nitrogens is 1. The Balaban J connectivity index is 0.000000206. The summed E-state index contributed by atoms with van der Waals surface area (Å²) in [5.74, 6) is 1.90. The molecule has 1 saturated carbocycles. The fourth-order valence-corrected chi connectivity index (χ4v) is 8.34. The Morgan fingerprint density at radius 3 is 2.24 bits per heavy atom. The van der Waals surface area contributed by atoms with Crippen LogP contribution in [0.15, 0.2) is 82.9 Å². The Kier molecular flexibility index (Phi) is 12.8. The van der Waals surface area contributed by atoms with Crippen molar-refractivity contribution in [2.45, 2.75) is 118 Å². The van der Waals surface area contributed by atoms with Crippen molar-refractivity contribution in [3.05, 3.63) is 107 Å². The van der Waals surface area contributed by atoms with Crippen LogP contribution >= 0.6 is 0 Å². The summed E-state index contributed by atoms with van der Waals surface area (Å²) in [6, 6.07) is 26.9. The van der Waals surface area contributed by atoms with Crippen LogP contribution in [0.5, 0.6) is 0 Å². The molecule has 0 aliphatic heterocycles. The molecule has 0 unspecified atom stereocenters. The normalized spacial score (nSPS) is 15.4. The molecule has 0 atom stereocenters. The van der Waals surface area contributed by atoms with E-state index in [4.69, 9.17) is 14.7 Å². The van der Waals surface area contributed by atoms with E-state index in [0.717, 1.165) is 65.1 Å². The molecule has 0 bridgehead atoms. The SMILES string of the molecule is CCC(CC)C(=O)/C=C(\[N-]C1CCCCC1)C(CC)CC.Cc1cc(-c2[c-]ccc3c2C(C)(C)c2c-3oc3ccccc23)nc2ccccc12.[Ir]. The van der Waals surface area contributed by atoms with Crippen LogP contribution in [0.4, 0.5) is 0 Å². The molecule has 1 fully saturated rings. The fraction of sp³-hybridized carbons (Fsp3) is 0.435. The van der Waals surface area contributed by atoms with E-state index in [9.17, 15) is 4.79 Å². The molecule has 2 aliphatic carbocycles. The third-order valence-corrected chi connectivity index (χ3v) is 11.3. The second-order valence-corrected chi connectivity index (χ2v) is 14.8. The van der Waals surface area contributed by atoms with E-state index in [2.05, 4.69) is 97.0 Å². The Labute approximate surface area is 319 Å². The van der Waals surface area contributed by atoms with Crippen LogP contribution in [0.2, 0.25) is 0 Å². The summed E-state index contributed by atoms with van der Waals surface area (Å²) in [5.41, 5.74) is 9.81. The van der Waals surface area contributed by atoms with Crippen molar-refractivity contribution >= 4 is 27.7 Å². The van der Waals surface area contributed by atoms with Crippen molar-refractivity contribution in [1.82, 2.24) is 4.98 Å². The van der Waals surface area contributed by atoms with Gasteiger partial charge in [0.15, 0.2) is 5.78 Å². The third kappa shape index (κ3) is 7.81. The minimum absolute atomic E-state index is 0. The Bertz CT molecular complexity index is 1990. The summed E-state index contributed by atoms with van der Waals surface area (Å²) in [4.78, 5) is 17.5. The average molecular weight is 859 g/mol. The van der Waals surface area contributed by atoms with E-state index in [-0.39, 0.29) is 31.4 Å². The number of carbonyl (C=O) groups excluding carboxylic acids is 1. The number of benzene rings is 3. The molecule has 2 aromatic heterocycles. The maximum absolute atomic E-state index is 12.5. The Hall–Kier alpha value is -3.53. The molecule has 2 heterocycles. The number of fused-ring (bicyclic) bond motifs is 6. The van der Waals surface area contributed by atoms with Gasteiger partial charge in [-0.2, -0.15) is 5.70 Å². The zero-order valence-corrected chi connectivity index (χ0v) is 34.0. The molecular weight excluding hydrogens is 805 g/mol. The standard InChI is InChI=1S/C27H20NO.C19H35NO.Ir/c1-16-15-22(28-21-13-6-4-9-17(16)21)18-11-8-12-20-24(18)27(2,3)25-19-10-5-7-14-23(19)29-26(20)25;1-5-15(6-2)18(14-19(21)16(7-3)8-4)20-17-12-10-9-11-13-17;/h4-10,12-15H,1-3H3;14-17H,5-13H2,1-4H3,(H,20,21);/q-1;;/p-1. The number of ketones is 1. The van der Waals surface area contributed by atoms with E-state index in [1.54, 1.807) is 0 Å². The summed E-state index contributed by atoms with van der Waals surface area (Å²) in [6.45, 7) is 15.3. The van der Waals surface area contributed by atoms with Crippen molar-refractivity contribution in [3.63, 3.8) is 0 Å². The molecule has 4 nitrogen and oxygen atoms in total. The van der Waals surface area contributed by atoms with E-state index in [0.29, 0.717) is 17.7 Å². The molecule has 3 aromatic carbocycles. The Morgan fingerprint density at radius 2 is 1.55 bits per heavy atom. The van der Waals surface area contributed by atoms with Gasteiger partial charge in [0.1, 0.15) is 11.3 Å². The predicted octanol–water partition coefficient (Wildman–Crippen LogP) is 13.1. The van der Waals surface area contributed by atoms with Gasteiger partial charge >= 0.3 is 0 Å². The van der Waals surface area contributed by atoms with Gasteiger partial charge in [-0.05, 0) is 60.6 Å². The van der Waals surface area contributed by atoms with E-state index >= 15 is 0 Å². The Morgan fingerprint density at radius 1 is 0.902 bits per heavy atom. The number of hydrogen-bond acceptors (Lipinski definition) is 3. The number of carbonyl (C=O) groups is 1. The minimum Gasteiger partial charge on any atom is -0.685 e. The maximum atomic E-state index is 12.5. The maximum Gasteiger partial charge on any atom is 0.157 e. The van der Waals surface area contributed by atoms with Gasteiger partial charge < -0.3 is 9.73 Å². The number of pyridine rings is 1. The number of nitrogens with zero attached hydrogens (tertiary/aromatic N) is 2. The molecule has 1 radical (unpaired) electrons. The van der Waals surface area contributed by atoms with Crippen LogP contribution in [0.3, 0.4) is 0 Å². The molecule has 0 amide bonds. The fourth-order valence-electron chi connectivity index (χ4n) is 8.34. The third-order valence-electron chi connectivity index (χ3n) is 11.3. The van der Waals surface area contributed by atoms with E-state index in [1.807, 2.05) is 30.3 Å². The van der Waals surface area contributed by atoms with Gasteiger partial charge in [0.2, 0.25) is 0 Å². The molecular formula is C46H54IrN2O2-2. The van der Waals surface area contributed by atoms with E-state index in [1.165, 1.54) is 59.6 Å². The molecule has 5 aromatic rings. The number of furan rings is 1. The van der Waals surface area contributed by atoms with Crippen molar-refractivity contribution in [3.8, 4) is 22.6 Å². The largest absolute Gasteiger partial charge is 0.685 e. The van der Waals surface area contributed by atoms with Gasteiger partial charge in [-0.15, -0.1) is 35.4 Å². The molecule has 7 rings (SSSR count). The monoisotopic (exact) mass is 859 g/mol. The van der Waals surface area contributed by atoms with Gasteiger partial charge in [-0.25, -0.2) is 0 Å². The van der Waals surface area contributed by atoms with Crippen molar-refractivity contribution in [1.29, 1.82) is 0 Å². The van der Waals surface area contributed by atoms with Crippen molar-refractivity contribution in [2.24, 2.45) is 11.8 Å². The van der Waals surface area contributed by atoms with E-state index < -0.39 is 0 Å². The first-order chi connectivity index (χ1) is 24.2. The molecule has 0 spiro atoms. The zero-order valence-electron chi connectivity index (χ0n) is 31.6. The second-order valence-electron chi connectivity index (χ2n) is 14.8. The van der Waals surface area contributed by atoms with Gasteiger partial charge in [0.25, 0.3) is 0 Å². The number of aryl methyl sites for hydroxylation is 1. The summed E-state index contributed by atoms with van der Waals surface area (Å²) < 4.78 is 6.32. The smallest absolute Gasteiger partial charge is 0.157 e. The first-order valence-electron chi connectivity index (χ1n) is 19.1. The van der Waals surface area contributed by atoms with Crippen molar-refractivity contribution < 1.29 is 29.3 Å². The molecule has 271 valence electrons. The minimum atomic E-state index is -0.189. The van der Waals surface area contributed by atoms with Gasteiger partial charge in [0.05, 0.1) is 5.52 Å². The topological polar surface area (TPSA) is 57.2 Å². The number of hydrogen-bond donors (Lipinski definition) is 0. The van der Waals surface area contributed by atoms with Gasteiger partial charge in [-0.1, -0.05) is 135 Å². The van der Waals surface area contributed by atoms with Crippen LogP contribution in [-0.4, -0.2) is 16.8 Å².